The van der Waals surface area contributed by atoms with Crippen LogP contribution in [-0.2, 0) is 6.18 Å². The third-order valence-electron chi connectivity index (χ3n) is 4.96. The number of alkyl halides is 3. The number of rotatable bonds is 5. The minimum absolute atomic E-state index is 0.0614. The van der Waals surface area contributed by atoms with Gasteiger partial charge in [0.1, 0.15) is 0 Å². The third-order valence-corrected chi connectivity index (χ3v) is 4.96. The zero-order chi connectivity index (χ0) is 21.5. The lowest BCUT2D eigenvalue weighted by molar-refractivity contribution is -0.137. The van der Waals surface area contributed by atoms with E-state index in [0.29, 0.717) is 22.5 Å². The van der Waals surface area contributed by atoms with Crippen molar-refractivity contribution in [2.24, 2.45) is 0 Å². The van der Waals surface area contributed by atoms with Crippen LogP contribution in [0.5, 0.6) is 0 Å². The molecule has 4 rings (SSSR count). The molecule has 0 atom stereocenters. The number of amides is 1. The van der Waals surface area contributed by atoms with Gasteiger partial charge in [0.25, 0.3) is 5.91 Å². The molecule has 0 radical (unpaired) electrons. The maximum Gasteiger partial charge on any atom is 0.416 e. The van der Waals surface area contributed by atoms with E-state index in [1.165, 1.54) is 29.9 Å². The molecule has 0 aliphatic heterocycles. The van der Waals surface area contributed by atoms with Crippen LogP contribution in [0.15, 0.2) is 54.7 Å². The minimum Gasteiger partial charge on any atom is -0.322 e. The number of hydrogen-bond acceptors (Lipinski definition) is 3. The van der Waals surface area contributed by atoms with Crippen LogP contribution in [0.3, 0.4) is 0 Å². The fourth-order valence-electron chi connectivity index (χ4n) is 3.32. The van der Waals surface area contributed by atoms with Crippen molar-refractivity contribution < 1.29 is 22.8 Å². The van der Waals surface area contributed by atoms with Crippen LogP contribution in [0, 0.1) is 0 Å². The van der Waals surface area contributed by atoms with Crippen LogP contribution in [0.25, 0.3) is 5.69 Å². The summed E-state index contributed by atoms with van der Waals surface area (Å²) >= 11 is 0. The summed E-state index contributed by atoms with van der Waals surface area (Å²) in [5.41, 5.74) is 1.31. The Morgan fingerprint density at radius 1 is 1.10 bits per heavy atom. The van der Waals surface area contributed by atoms with E-state index in [1.807, 2.05) is 0 Å². The Labute approximate surface area is 170 Å². The molecule has 0 saturated heterocycles. The second kappa shape index (κ2) is 7.44. The topological polar surface area (TPSA) is 64.0 Å². The summed E-state index contributed by atoms with van der Waals surface area (Å²) in [6.45, 7) is 1.44. The molecular formula is C22H18F3N3O2. The summed E-state index contributed by atoms with van der Waals surface area (Å²) in [5, 5.41) is 6.97. The number of carbonyl (C=O) groups excluding carboxylic acids is 2. The van der Waals surface area contributed by atoms with Crippen molar-refractivity contribution in [2.75, 3.05) is 5.32 Å². The number of carbonyl (C=O) groups is 2. The number of halogens is 3. The molecule has 154 valence electrons. The number of ketones is 1. The first-order valence-corrected chi connectivity index (χ1v) is 9.42. The highest BCUT2D eigenvalue weighted by Crippen LogP contribution is 2.43. The lowest BCUT2D eigenvalue weighted by Crippen LogP contribution is -2.15. The van der Waals surface area contributed by atoms with Crippen LogP contribution in [0.4, 0.5) is 18.9 Å². The Kier molecular flexibility index (Phi) is 4.93. The molecule has 2 aromatic carbocycles. The average Bonchev–Trinajstić information content (AvgIpc) is 3.45. The first kappa shape index (κ1) is 19.9. The van der Waals surface area contributed by atoms with Gasteiger partial charge >= 0.3 is 6.18 Å². The van der Waals surface area contributed by atoms with Crippen molar-refractivity contribution in [1.82, 2.24) is 9.78 Å². The van der Waals surface area contributed by atoms with E-state index < -0.39 is 17.6 Å². The maximum atomic E-state index is 13.1. The number of nitrogens with one attached hydrogen (secondary N) is 1. The second-order valence-electron chi connectivity index (χ2n) is 7.27. The fourth-order valence-corrected chi connectivity index (χ4v) is 3.32. The molecule has 8 heteroatoms. The SMILES string of the molecule is CC(=O)c1cccc(NC(=O)c2cnn(-c3cccc(C(F)(F)F)c3)c2C2CC2)c1. The third kappa shape index (κ3) is 3.98. The molecule has 0 bridgehead atoms. The summed E-state index contributed by atoms with van der Waals surface area (Å²) < 4.78 is 40.7. The van der Waals surface area contributed by atoms with Crippen LogP contribution in [-0.4, -0.2) is 21.5 Å². The van der Waals surface area contributed by atoms with Crippen LogP contribution in [0.1, 0.15) is 57.7 Å². The van der Waals surface area contributed by atoms with Crippen molar-refractivity contribution in [1.29, 1.82) is 0 Å². The molecule has 1 aliphatic carbocycles. The van der Waals surface area contributed by atoms with Gasteiger partial charge in [-0.15, -0.1) is 0 Å². The second-order valence-corrected chi connectivity index (χ2v) is 7.27. The number of hydrogen-bond donors (Lipinski definition) is 1. The highest BCUT2D eigenvalue weighted by atomic mass is 19.4. The van der Waals surface area contributed by atoms with Gasteiger partial charge in [0, 0.05) is 17.2 Å². The van der Waals surface area contributed by atoms with Gasteiger partial charge < -0.3 is 5.32 Å². The highest BCUT2D eigenvalue weighted by molar-refractivity contribution is 6.06. The van der Waals surface area contributed by atoms with Gasteiger partial charge in [-0.2, -0.15) is 18.3 Å². The number of Topliss-reactive ketones (excluding diaryl/α,β-unsaturated/α-hetero) is 1. The summed E-state index contributed by atoms with van der Waals surface area (Å²) in [4.78, 5) is 24.4. The smallest absolute Gasteiger partial charge is 0.322 e. The molecule has 1 fully saturated rings. The largest absolute Gasteiger partial charge is 0.416 e. The Hall–Kier alpha value is -3.42. The first-order valence-electron chi connectivity index (χ1n) is 9.42. The number of aromatic nitrogens is 2. The molecule has 1 heterocycles. The molecule has 30 heavy (non-hydrogen) atoms. The van der Waals surface area contributed by atoms with E-state index in [1.54, 1.807) is 24.3 Å². The molecule has 3 aromatic rings. The zero-order valence-electron chi connectivity index (χ0n) is 16.0. The Morgan fingerprint density at radius 3 is 2.50 bits per heavy atom. The number of anilines is 1. The maximum absolute atomic E-state index is 13.1. The van der Waals surface area contributed by atoms with Crippen LogP contribution < -0.4 is 5.32 Å². The van der Waals surface area contributed by atoms with Crippen molar-refractivity contribution in [2.45, 2.75) is 31.9 Å². The van der Waals surface area contributed by atoms with Gasteiger partial charge in [0.2, 0.25) is 0 Å². The molecule has 0 spiro atoms. The highest BCUT2D eigenvalue weighted by Gasteiger charge is 2.34. The standard InChI is InChI=1S/C22H18F3N3O2/c1-13(29)15-4-2-6-17(10-15)27-21(30)19-12-26-28(20(19)14-8-9-14)18-7-3-5-16(11-18)22(23,24)25/h2-7,10-12,14H,8-9H2,1H3,(H,27,30). The Morgan fingerprint density at radius 2 is 1.83 bits per heavy atom. The van der Waals surface area contributed by atoms with Crippen LogP contribution in [0.2, 0.25) is 0 Å². The van der Waals surface area contributed by atoms with E-state index in [2.05, 4.69) is 10.4 Å². The molecule has 1 amide bonds. The van der Waals surface area contributed by atoms with E-state index in [0.717, 1.165) is 25.0 Å². The summed E-state index contributed by atoms with van der Waals surface area (Å²) in [5.74, 6) is -0.482. The predicted octanol–water partition coefficient (Wildman–Crippen LogP) is 5.22. The molecule has 1 saturated carbocycles. The minimum atomic E-state index is -4.47. The lowest BCUT2D eigenvalue weighted by Gasteiger charge is -2.12. The monoisotopic (exact) mass is 413 g/mol. The van der Waals surface area contributed by atoms with Gasteiger partial charge in [-0.1, -0.05) is 18.2 Å². The zero-order valence-corrected chi connectivity index (χ0v) is 16.0. The number of nitrogens with zero attached hydrogens (tertiary/aromatic N) is 2. The quantitative estimate of drug-likeness (QED) is 0.583. The normalized spacial score (nSPS) is 13.9. The molecule has 1 aliphatic rings. The van der Waals surface area contributed by atoms with E-state index >= 15 is 0 Å². The van der Waals surface area contributed by atoms with Gasteiger partial charge in [-0.25, -0.2) is 4.68 Å². The van der Waals surface area contributed by atoms with E-state index in [-0.39, 0.29) is 17.4 Å². The van der Waals surface area contributed by atoms with Crippen LogP contribution >= 0.6 is 0 Å². The summed E-state index contributed by atoms with van der Waals surface area (Å²) in [7, 11) is 0. The van der Waals surface area contributed by atoms with Crippen molar-refractivity contribution in [3.8, 4) is 5.69 Å². The molecular weight excluding hydrogens is 395 g/mol. The Bertz CT molecular complexity index is 1130. The fraction of sp³-hybridized carbons (Fsp3) is 0.227. The van der Waals surface area contributed by atoms with Gasteiger partial charge in [-0.3, -0.25) is 9.59 Å². The van der Waals surface area contributed by atoms with Gasteiger partial charge in [0.05, 0.1) is 28.7 Å². The van der Waals surface area contributed by atoms with E-state index in [4.69, 9.17) is 0 Å². The summed E-state index contributed by atoms with van der Waals surface area (Å²) in [6, 6.07) is 11.4. The van der Waals surface area contributed by atoms with Gasteiger partial charge in [0.15, 0.2) is 5.78 Å². The molecule has 0 unspecified atom stereocenters. The van der Waals surface area contributed by atoms with Crippen molar-refractivity contribution in [3.05, 3.63) is 77.1 Å². The van der Waals surface area contributed by atoms with Crippen molar-refractivity contribution >= 4 is 17.4 Å². The molecule has 1 aromatic heterocycles. The molecule has 5 nitrogen and oxygen atoms in total. The average molecular weight is 413 g/mol. The number of benzene rings is 2. The lowest BCUT2D eigenvalue weighted by atomic mass is 10.1. The summed E-state index contributed by atoms with van der Waals surface area (Å²) in [6.07, 6.45) is -1.42. The van der Waals surface area contributed by atoms with Gasteiger partial charge in [-0.05, 0) is 50.1 Å². The first-order chi connectivity index (χ1) is 14.2. The van der Waals surface area contributed by atoms with E-state index in [9.17, 15) is 22.8 Å². The van der Waals surface area contributed by atoms with Crippen molar-refractivity contribution in [3.63, 3.8) is 0 Å². The predicted molar refractivity (Wildman–Crippen MR) is 105 cm³/mol. The Balaban J connectivity index is 1.68. The molecule has 1 N–H and O–H groups in total.